The van der Waals surface area contributed by atoms with E-state index >= 15 is 0 Å². The largest absolute Gasteiger partial charge is 0.402 e. The molecule has 0 saturated carbocycles. The number of fused-ring (bicyclic) bond motifs is 1. The Morgan fingerprint density at radius 3 is 2.08 bits per heavy atom. The Hall–Kier alpha value is -1.03. The highest BCUT2D eigenvalue weighted by atomic mass is 32.1. The summed E-state index contributed by atoms with van der Waals surface area (Å²) in [6.45, 7) is 0. The standard InChI is InChI=1S/C5H6N2S.C4H7N/c6-5-7-3-1-2-4(3)8-5;5-4-2-1-3-4/h1-2H2,(H2,6,7);2H,1,3,5H2. The summed E-state index contributed by atoms with van der Waals surface area (Å²) in [5, 5.41) is 0.729. The molecule has 0 aromatic carbocycles. The van der Waals surface area contributed by atoms with Gasteiger partial charge in [-0.05, 0) is 25.7 Å². The molecule has 3 nitrogen and oxygen atoms in total. The fourth-order valence-electron chi connectivity index (χ4n) is 1.16. The van der Waals surface area contributed by atoms with Gasteiger partial charge in [0.1, 0.15) is 0 Å². The molecule has 4 N–H and O–H groups in total. The third-order valence-corrected chi connectivity index (χ3v) is 3.21. The van der Waals surface area contributed by atoms with E-state index < -0.39 is 0 Å². The van der Waals surface area contributed by atoms with Gasteiger partial charge in [0.25, 0.3) is 0 Å². The van der Waals surface area contributed by atoms with Crippen LogP contribution in [0.2, 0.25) is 0 Å². The van der Waals surface area contributed by atoms with E-state index in [1.54, 1.807) is 11.3 Å². The van der Waals surface area contributed by atoms with Crippen molar-refractivity contribution in [2.75, 3.05) is 5.73 Å². The molecule has 0 aliphatic heterocycles. The maximum absolute atomic E-state index is 5.43. The van der Waals surface area contributed by atoms with Crippen molar-refractivity contribution in [2.45, 2.75) is 25.7 Å². The van der Waals surface area contributed by atoms with Gasteiger partial charge in [0.05, 0.1) is 5.69 Å². The number of aromatic nitrogens is 1. The molecule has 13 heavy (non-hydrogen) atoms. The van der Waals surface area contributed by atoms with Gasteiger partial charge in [-0.2, -0.15) is 0 Å². The smallest absolute Gasteiger partial charge is 0.180 e. The number of thiazole rings is 1. The summed E-state index contributed by atoms with van der Waals surface area (Å²) >= 11 is 1.62. The van der Waals surface area contributed by atoms with Crippen LogP contribution in [0, 0.1) is 0 Å². The first-order valence-corrected chi connectivity index (χ1v) is 5.26. The first-order valence-electron chi connectivity index (χ1n) is 4.44. The molecule has 1 aromatic rings. The maximum atomic E-state index is 5.43. The molecule has 0 unspecified atom stereocenters. The van der Waals surface area contributed by atoms with E-state index in [0.29, 0.717) is 0 Å². The van der Waals surface area contributed by atoms with Gasteiger partial charge in [0.2, 0.25) is 0 Å². The molecule has 1 heterocycles. The molecule has 4 heteroatoms. The fraction of sp³-hybridized carbons (Fsp3) is 0.444. The summed E-state index contributed by atoms with van der Waals surface area (Å²) in [6, 6.07) is 0. The number of hydrogen-bond acceptors (Lipinski definition) is 4. The Morgan fingerprint density at radius 2 is 1.92 bits per heavy atom. The highest BCUT2D eigenvalue weighted by molar-refractivity contribution is 7.15. The third kappa shape index (κ3) is 1.83. The Balaban J connectivity index is 0.000000113. The summed E-state index contributed by atoms with van der Waals surface area (Å²) in [5.41, 5.74) is 13.0. The molecule has 3 rings (SSSR count). The number of anilines is 1. The number of allylic oxidation sites excluding steroid dienone is 2. The molecular formula is C9H13N3S. The number of nitrogens with two attached hydrogens (primary N) is 2. The number of nitrogen functional groups attached to an aromatic ring is 1. The van der Waals surface area contributed by atoms with Gasteiger partial charge >= 0.3 is 0 Å². The van der Waals surface area contributed by atoms with Crippen LogP contribution in [0.15, 0.2) is 11.8 Å². The van der Waals surface area contributed by atoms with Crippen LogP contribution in [-0.4, -0.2) is 4.98 Å². The lowest BCUT2D eigenvalue weighted by Crippen LogP contribution is -2.03. The van der Waals surface area contributed by atoms with Crippen LogP contribution in [0.5, 0.6) is 0 Å². The van der Waals surface area contributed by atoms with E-state index in [0.717, 1.165) is 23.7 Å². The normalized spacial score (nSPS) is 17.1. The Kier molecular flexibility index (Phi) is 2.22. The van der Waals surface area contributed by atoms with Gasteiger partial charge in [-0.25, -0.2) is 4.98 Å². The molecule has 0 atom stereocenters. The van der Waals surface area contributed by atoms with Gasteiger partial charge in [-0.15, -0.1) is 11.3 Å². The second-order valence-corrected chi connectivity index (χ2v) is 4.35. The van der Waals surface area contributed by atoms with Crippen LogP contribution < -0.4 is 11.5 Å². The van der Waals surface area contributed by atoms with Gasteiger partial charge in [0, 0.05) is 10.6 Å². The monoisotopic (exact) mass is 195 g/mol. The molecule has 2 aliphatic rings. The van der Waals surface area contributed by atoms with Crippen LogP contribution in [0.25, 0.3) is 0 Å². The molecule has 0 radical (unpaired) electrons. The number of hydrogen-bond donors (Lipinski definition) is 2. The highest BCUT2D eigenvalue weighted by Gasteiger charge is 2.17. The van der Waals surface area contributed by atoms with E-state index in [4.69, 9.17) is 11.5 Å². The summed E-state index contributed by atoms with van der Waals surface area (Å²) in [6.07, 6.45) is 6.71. The van der Waals surface area contributed by atoms with E-state index in [1.807, 2.05) is 6.08 Å². The van der Waals surface area contributed by atoms with Crippen LogP contribution in [-0.2, 0) is 12.8 Å². The molecular weight excluding hydrogens is 182 g/mol. The molecule has 70 valence electrons. The van der Waals surface area contributed by atoms with E-state index in [2.05, 4.69) is 4.98 Å². The molecule has 1 aromatic heterocycles. The van der Waals surface area contributed by atoms with Crippen LogP contribution in [0.1, 0.15) is 23.4 Å². The second-order valence-electron chi connectivity index (χ2n) is 3.24. The molecule has 0 amide bonds. The Morgan fingerprint density at radius 1 is 1.23 bits per heavy atom. The predicted molar refractivity (Wildman–Crippen MR) is 55.4 cm³/mol. The molecule has 0 spiro atoms. The van der Waals surface area contributed by atoms with Gasteiger partial charge in [-0.3, -0.25) is 0 Å². The van der Waals surface area contributed by atoms with Crippen LogP contribution in [0.3, 0.4) is 0 Å². The van der Waals surface area contributed by atoms with Crippen molar-refractivity contribution in [3.05, 3.63) is 22.3 Å². The van der Waals surface area contributed by atoms with Crippen molar-refractivity contribution in [1.29, 1.82) is 0 Å². The van der Waals surface area contributed by atoms with Crippen molar-refractivity contribution in [2.24, 2.45) is 5.73 Å². The predicted octanol–water partition coefficient (Wildman–Crippen LogP) is 1.45. The SMILES string of the molecule is NC1=CCC1.Nc1nc2c(s1)CC2. The Labute approximate surface area is 81.5 Å². The summed E-state index contributed by atoms with van der Waals surface area (Å²) in [4.78, 5) is 5.48. The lowest BCUT2D eigenvalue weighted by atomic mass is 10.0. The van der Waals surface area contributed by atoms with Gasteiger partial charge in [0.15, 0.2) is 5.13 Å². The maximum Gasteiger partial charge on any atom is 0.180 e. The summed E-state index contributed by atoms with van der Waals surface area (Å²) < 4.78 is 0. The fourth-order valence-corrected chi connectivity index (χ4v) is 2.04. The Bertz CT molecular complexity index is 319. The zero-order chi connectivity index (χ0) is 9.26. The third-order valence-electron chi connectivity index (χ3n) is 2.22. The first-order chi connectivity index (χ1) is 6.25. The number of nitrogens with zero attached hydrogens (tertiary/aromatic N) is 1. The molecule has 0 bridgehead atoms. The molecule has 0 saturated heterocycles. The van der Waals surface area contributed by atoms with E-state index in [1.165, 1.54) is 23.4 Å². The van der Waals surface area contributed by atoms with Crippen molar-refractivity contribution >= 4 is 16.5 Å². The van der Waals surface area contributed by atoms with Crippen LogP contribution >= 0.6 is 11.3 Å². The second kappa shape index (κ2) is 3.38. The average molecular weight is 195 g/mol. The molecule has 2 aliphatic carbocycles. The summed E-state index contributed by atoms with van der Waals surface area (Å²) in [7, 11) is 0. The minimum absolute atomic E-state index is 0.729. The zero-order valence-electron chi connectivity index (χ0n) is 7.42. The van der Waals surface area contributed by atoms with Crippen molar-refractivity contribution in [3.8, 4) is 0 Å². The van der Waals surface area contributed by atoms with E-state index in [-0.39, 0.29) is 0 Å². The topological polar surface area (TPSA) is 64.9 Å². The average Bonchev–Trinajstić information content (AvgIpc) is 2.28. The lowest BCUT2D eigenvalue weighted by Gasteiger charge is -2.07. The highest BCUT2D eigenvalue weighted by Crippen LogP contribution is 2.29. The number of aryl methyl sites for hydroxylation is 2. The first kappa shape index (κ1) is 8.56. The van der Waals surface area contributed by atoms with Crippen molar-refractivity contribution in [3.63, 3.8) is 0 Å². The van der Waals surface area contributed by atoms with Crippen molar-refractivity contribution < 1.29 is 0 Å². The molecule has 0 fully saturated rings. The quantitative estimate of drug-likeness (QED) is 0.658. The zero-order valence-corrected chi connectivity index (χ0v) is 8.23. The van der Waals surface area contributed by atoms with Gasteiger partial charge < -0.3 is 11.5 Å². The lowest BCUT2D eigenvalue weighted by molar-refractivity contribution is 0.828. The van der Waals surface area contributed by atoms with Crippen molar-refractivity contribution in [1.82, 2.24) is 4.98 Å². The summed E-state index contributed by atoms with van der Waals surface area (Å²) in [5.74, 6) is 0. The van der Waals surface area contributed by atoms with E-state index in [9.17, 15) is 0 Å². The minimum Gasteiger partial charge on any atom is -0.402 e. The van der Waals surface area contributed by atoms with Gasteiger partial charge in [-0.1, -0.05) is 6.08 Å². The minimum atomic E-state index is 0.729. The number of rotatable bonds is 0. The van der Waals surface area contributed by atoms with Crippen LogP contribution in [0.4, 0.5) is 5.13 Å².